The Balaban J connectivity index is 1.42. The van der Waals surface area contributed by atoms with Gasteiger partial charge in [-0.05, 0) is 51.0 Å². The first-order valence-electron chi connectivity index (χ1n) is 10.2. The van der Waals surface area contributed by atoms with E-state index in [-0.39, 0.29) is 5.91 Å². The third-order valence-corrected chi connectivity index (χ3v) is 5.31. The maximum Gasteiger partial charge on any atom is 0.254 e. The molecule has 0 radical (unpaired) electrons. The largest absolute Gasteiger partial charge is 0.342 e. The fourth-order valence-corrected chi connectivity index (χ4v) is 3.71. The summed E-state index contributed by atoms with van der Waals surface area (Å²) in [6, 6.07) is 20.1. The zero-order chi connectivity index (χ0) is 21.1. The highest BCUT2D eigenvalue weighted by Gasteiger charge is 2.16. The van der Waals surface area contributed by atoms with Crippen LogP contribution in [0, 0.1) is 13.8 Å². The molecule has 0 aliphatic heterocycles. The van der Waals surface area contributed by atoms with Gasteiger partial charge in [-0.25, -0.2) is 0 Å². The van der Waals surface area contributed by atoms with Crippen molar-refractivity contribution in [2.75, 3.05) is 13.6 Å². The van der Waals surface area contributed by atoms with Crippen LogP contribution in [0.1, 0.15) is 33.7 Å². The summed E-state index contributed by atoms with van der Waals surface area (Å²) in [5.41, 5.74) is 6.69. The Labute approximate surface area is 176 Å². The number of hydrogen-bond acceptors (Lipinski definition) is 3. The molecule has 2 aromatic heterocycles. The van der Waals surface area contributed by atoms with Gasteiger partial charge in [0.25, 0.3) is 5.91 Å². The summed E-state index contributed by atoms with van der Waals surface area (Å²) in [5, 5.41) is 8.44. The number of fused-ring (bicyclic) bond motifs is 1. The monoisotopic (exact) mass is 398 g/mol. The molecule has 0 unspecified atom stereocenters. The zero-order valence-electron chi connectivity index (χ0n) is 17.6. The number of amides is 1. The van der Waals surface area contributed by atoms with Gasteiger partial charge >= 0.3 is 0 Å². The number of carbonyl (C=O) groups excluding carboxylic acids is 1. The number of carbonyl (C=O) groups is 1. The normalized spacial score (nSPS) is 11.0. The quantitative estimate of drug-likeness (QED) is 0.500. The summed E-state index contributed by atoms with van der Waals surface area (Å²) in [7, 11) is 1.86. The standard InChI is InChI=1S/C25H26N4O/c1-17-11-12-23-21(14-17)22(15-18(2)26-23)25(30)29(3)13-7-10-20-16-24(28-27-20)19-8-5-4-6-9-19/h4-6,8-9,11-12,14-16H,7,10,13H2,1-3H3,(H,27,28). The molecule has 5 heteroatoms. The van der Waals surface area contributed by atoms with Crippen molar-refractivity contribution in [3.8, 4) is 11.3 Å². The van der Waals surface area contributed by atoms with E-state index in [9.17, 15) is 4.79 Å². The van der Waals surface area contributed by atoms with Crippen molar-refractivity contribution < 1.29 is 4.79 Å². The van der Waals surface area contributed by atoms with Crippen molar-refractivity contribution in [1.82, 2.24) is 20.1 Å². The molecular formula is C25H26N4O. The lowest BCUT2D eigenvalue weighted by Gasteiger charge is -2.18. The molecule has 0 aliphatic carbocycles. The number of hydrogen-bond donors (Lipinski definition) is 1. The van der Waals surface area contributed by atoms with Gasteiger partial charge in [0.05, 0.1) is 16.8 Å². The van der Waals surface area contributed by atoms with Crippen molar-refractivity contribution in [1.29, 1.82) is 0 Å². The van der Waals surface area contributed by atoms with Gasteiger partial charge in [-0.2, -0.15) is 5.10 Å². The highest BCUT2D eigenvalue weighted by molar-refractivity contribution is 6.06. The fourth-order valence-electron chi connectivity index (χ4n) is 3.71. The maximum absolute atomic E-state index is 13.1. The first kappa shape index (κ1) is 19.8. The van der Waals surface area contributed by atoms with Crippen LogP contribution in [0.3, 0.4) is 0 Å². The van der Waals surface area contributed by atoms with E-state index in [1.807, 2.05) is 63.4 Å². The Hall–Kier alpha value is -3.47. The van der Waals surface area contributed by atoms with Gasteiger partial charge in [0.2, 0.25) is 0 Å². The molecule has 152 valence electrons. The van der Waals surface area contributed by atoms with Crippen LogP contribution in [0.4, 0.5) is 0 Å². The maximum atomic E-state index is 13.1. The van der Waals surface area contributed by atoms with Crippen LogP contribution < -0.4 is 0 Å². The van der Waals surface area contributed by atoms with Gasteiger partial charge in [0, 0.05) is 35.9 Å². The number of nitrogens with zero attached hydrogens (tertiary/aromatic N) is 3. The average Bonchev–Trinajstić information content (AvgIpc) is 3.22. The summed E-state index contributed by atoms with van der Waals surface area (Å²) in [5.74, 6) is 0.0330. The van der Waals surface area contributed by atoms with E-state index >= 15 is 0 Å². The molecule has 0 spiro atoms. The average molecular weight is 399 g/mol. The van der Waals surface area contributed by atoms with Gasteiger partial charge in [-0.1, -0.05) is 42.0 Å². The molecule has 30 heavy (non-hydrogen) atoms. The number of aromatic nitrogens is 3. The minimum atomic E-state index is 0.0330. The summed E-state index contributed by atoms with van der Waals surface area (Å²) in [6.07, 6.45) is 1.70. The number of rotatable bonds is 6. The molecule has 0 bridgehead atoms. The molecule has 5 nitrogen and oxygen atoms in total. The molecule has 4 rings (SSSR count). The van der Waals surface area contributed by atoms with Crippen molar-refractivity contribution in [2.45, 2.75) is 26.7 Å². The zero-order valence-corrected chi connectivity index (χ0v) is 17.6. The molecule has 0 saturated carbocycles. The highest BCUT2D eigenvalue weighted by atomic mass is 16.2. The topological polar surface area (TPSA) is 61.9 Å². The summed E-state index contributed by atoms with van der Waals surface area (Å²) in [6.45, 7) is 4.64. The van der Waals surface area contributed by atoms with E-state index in [0.29, 0.717) is 6.54 Å². The molecule has 2 heterocycles. The Morgan fingerprint density at radius 2 is 1.83 bits per heavy atom. The third kappa shape index (κ3) is 4.25. The van der Waals surface area contributed by atoms with Crippen LogP contribution in [0.5, 0.6) is 0 Å². The first-order chi connectivity index (χ1) is 14.5. The number of nitrogens with one attached hydrogen (secondary N) is 1. The van der Waals surface area contributed by atoms with Crippen molar-refractivity contribution in [3.63, 3.8) is 0 Å². The lowest BCUT2D eigenvalue weighted by atomic mass is 10.0. The van der Waals surface area contributed by atoms with E-state index in [0.717, 1.165) is 57.5 Å². The number of benzene rings is 2. The Morgan fingerprint density at radius 1 is 1.03 bits per heavy atom. The predicted octanol–water partition coefficient (Wildman–Crippen LogP) is 4.95. The molecule has 0 atom stereocenters. The number of aromatic amines is 1. The molecule has 1 N–H and O–H groups in total. The van der Waals surface area contributed by atoms with Crippen LogP contribution in [-0.2, 0) is 6.42 Å². The number of pyridine rings is 1. The SMILES string of the molecule is Cc1ccc2nc(C)cc(C(=O)N(C)CCCc3cc(-c4ccccc4)n[nH]3)c2c1. The third-order valence-electron chi connectivity index (χ3n) is 5.31. The lowest BCUT2D eigenvalue weighted by Crippen LogP contribution is -2.28. The van der Waals surface area contributed by atoms with Crippen LogP contribution in [0.2, 0.25) is 0 Å². The second-order valence-corrected chi connectivity index (χ2v) is 7.81. The highest BCUT2D eigenvalue weighted by Crippen LogP contribution is 2.22. The second kappa shape index (κ2) is 8.49. The summed E-state index contributed by atoms with van der Waals surface area (Å²) in [4.78, 5) is 19.5. The van der Waals surface area contributed by atoms with Gasteiger partial charge in [0.15, 0.2) is 0 Å². The van der Waals surface area contributed by atoms with E-state index in [1.165, 1.54) is 0 Å². The predicted molar refractivity (Wildman–Crippen MR) is 121 cm³/mol. The van der Waals surface area contributed by atoms with Gasteiger partial charge in [0.1, 0.15) is 0 Å². The van der Waals surface area contributed by atoms with Crippen molar-refractivity contribution in [3.05, 3.63) is 83.2 Å². The summed E-state index contributed by atoms with van der Waals surface area (Å²) < 4.78 is 0. The number of aryl methyl sites for hydroxylation is 3. The van der Waals surface area contributed by atoms with E-state index in [1.54, 1.807) is 4.90 Å². The molecule has 1 amide bonds. The first-order valence-corrected chi connectivity index (χ1v) is 10.2. The van der Waals surface area contributed by atoms with Gasteiger partial charge < -0.3 is 4.90 Å². The Morgan fingerprint density at radius 3 is 2.63 bits per heavy atom. The van der Waals surface area contributed by atoms with Crippen LogP contribution in [-0.4, -0.2) is 39.6 Å². The lowest BCUT2D eigenvalue weighted by molar-refractivity contribution is 0.0795. The molecular weight excluding hydrogens is 372 g/mol. The van der Waals surface area contributed by atoms with Crippen molar-refractivity contribution in [2.24, 2.45) is 0 Å². The Kier molecular flexibility index (Phi) is 5.61. The van der Waals surface area contributed by atoms with E-state index in [2.05, 4.69) is 33.4 Å². The molecule has 4 aromatic rings. The second-order valence-electron chi connectivity index (χ2n) is 7.81. The van der Waals surface area contributed by atoms with E-state index < -0.39 is 0 Å². The van der Waals surface area contributed by atoms with Gasteiger partial charge in [-0.3, -0.25) is 14.9 Å². The smallest absolute Gasteiger partial charge is 0.254 e. The van der Waals surface area contributed by atoms with Crippen molar-refractivity contribution >= 4 is 16.8 Å². The fraction of sp³-hybridized carbons (Fsp3) is 0.240. The molecule has 2 aromatic carbocycles. The van der Waals surface area contributed by atoms with Crippen LogP contribution in [0.15, 0.2) is 60.7 Å². The molecule has 0 saturated heterocycles. The van der Waals surface area contributed by atoms with Crippen LogP contribution in [0.25, 0.3) is 22.2 Å². The molecule has 0 aliphatic rings. The minimum Gasteiger partial charge on any atom is -0.342 e. The summed E-state index contributed by atoms with van der Waals surface area (Å²) >= 11 is 0. The Bertz CT molecular complexity index is 1180. The number of H-pyrrole nitrogens is 1. The van der Waals surface area contributed by atoms with Gasteiger partial charge in [-0.15, -0.1) is 0 Å². The molecule has 0 fully saturated rings. The van der Waals surface area contributed by atoms with E-state index in [4.69, 9.17) is 0 Å². The minimum absolute atomic E-state index is 0.0330. The van der Waals surface area contributed by atoms with Crippen LogP contribution >= 0.6 is 0 Å².